The molecule has 0 aliphatic carbocycles. The minimum atomic E-state index is -3.34. The maximum absolute atomic E-state index is 12.0. The molecule has 0 aromatic carbocycles. The van der Waals surface area contributed by atoms with Crippen LogP contribution in [0.25, 0.3) is 5.65 Å². The molecule has 2 aromatic rings. The molecule has 1 N–H and O–H groups in total. The number of rotatable bonds is 4. The zero-order valence-electron chi connectivity index (χ0n) is 12.8. The first-order valence-corrected chi connectivity index (χ1v) is 9.34. The Morgan fingerprint density at radius 3 is 2.78 bits per heavy atom. The highest BCUT2D eigenvalue weighted by molar-refractivity contribution is 7.88. The van der Waals surface area contributed by atoms with E-state index >= 15 is 0 Å². The van der Waals surface area contributed by atoms with Crippen LogP contribution in [0.2, 0.25) is 0 Å². The van der Waals surface area contributed by atoms with Gasteiger partial charge in [-0.3, -0.25) is 4.79 Å². The van der Waals surface area contributed by atoms with Crippen LogP contribution in [0.1, 0.15) is 24.5 Å². The molecular weight excluding hydrogens is 318 g/mol. The van der Waals surface area contributed by atoms with Gasteiger partial charge in [0.05, 0.1) is 19.0 Å². The Labute approximate surface area is 134 Å². The number of hydrogen-bond acceptors (Lipinski definition) is 5. The zero-order valence-corrected chi connectivity index (χ0v) is 13.7. The van der Waals surface area contributed by atoms with Crippen molar-refractivity contribution in [2.45, 2.75) is 18.8 Å². The summed E-state index contributed by atoms with van der Waals surface area (Å²) in [5.74, 6) is 0.120. The number of carbonyl (C=O) groups is 1. The van der Waals surface area contributed by atoms with Crippen LogP contribution in [0.4, 0.5) is 0 Å². The van der Waals surface area contributed by atoms with Crippen LogP contribution in [0, 0.1) is 0 Å². The molecule has 3 rings (SSSR count). The molecular formula is C14H19N5O3S. The number of piperidine rings is 1. The van der Waals surface area contributed by atoms with Crippen LogP contribution in [0.15, 0.2) is 24.5 Å². The number of amides is 1. The monoisotopic (exact) mass is 337 g/mol. The Hall–Kier alpha value is -2.00. The molecule has 23 heavy (non-hydrogen) atoms. The highest BCUT2D eigenvalue weighted by Crippen LogP contribution is 2.26. The molecule has 124 valence electrons. The van der Waals surface area contributed by atoms with Gasteiger partial charge in [-0.05, 0) is 18.9 Å². The summed E-state index contributed by atoms with van der Waals surface area (Å²) in [6.45, 7) is 1.05. The van der Waals surface area contributed by atoms with Crippen molar-refractivity contribution in [3.8, 4) is 0 Å². The minimum Gasteiger partial charge on any atom is -0.342 e. The van der Waals surface area contributed by atoms with E-state index in [-0.39, 0.29) is 12.5 Å². The number of sulfonamides is 1. The topological polar surface area (TPSA) is 96.7 Å². The number of likely N-dealkylation sites (tertiary alicyclic amines) is 1. The van der Waals surface area contributed by atoms with Gasteiger partial charge in [-0.15, -0.1) is 0 Å². The van der Waals surface area contributed by atoms with E-state index in [1.165, 1.54) is 0 Å². The average Bonchev–Trinajstić information content (AvgIpc) is 2.99. The van der Waals surface area contributed by atoms with E-state index in [1.54, 1.807) is 15.6 Å². The van der Waals surface area contributed by atoms with Crippen molar-refractivity contribution in [1.29, 1.82) is 0 Å². The molecule has 2 aromatic heterocycles. The third kappa shape index (κ3) is 3.85. The molecule has 9 heteroatoms. The van der Waals surface area contributed by atoms with Crippen LogP contribution in [0.3, 0.4) is 0 Å². The largest absolute Gasteiger partial charge is 0.342 e. The van der Waals surface area contributed by atoms with Gasteiger partial charge >= 0.3 is 0 Å². The van der Waals surface area contributed by atoms with Crippen molar-refractivity contribution < 1.29 is 13.2 Å². The molecule has 1 amide bonds. The summed E-state index contributed by atoms with van der Waals surface area (Å²) in [7, 11) is -3.34. The van der Waals surface area contributed by atoms with Crippen molar-refractivity contribution in [2.24, 2.45) is 0 Å². The van der Waals surface area contributed by atoms with Crippen molar-refractivity contribution in [1.82, 2.24) is 24.2 Å². The van der Waals surface area contributed by atoms with Gasteiger partial charge in [0, 0.05) is 37.0 Å². The molecule has 1 saturated heterocycles. The van der Waals surface area contributed by atoms with Crippen LogP contribution in [0.5, 0.6) is 0 Å². The second-order valence-electron chi connectivity index (χ2n) is 5.73. The maximum atomic E-state index is 12.0. The van der Waals surface area contributed by atoms with Gasteiger partial charge in [0.1, 0.15) is 0 Å². The highest BCUT2D eigenvalue weighted by Gasteiger charge is 2.25. The number of nitrogens with zero attached hydrogens (tertiary/aromatic N) is 4. The van der Waals surface area contributed by atoms with Gasteiger partial charge in [-0.25, -0.2) is 22.6 Å². The second-order valence-corrected chi connectivity index (χ2v) is 7.57. The fourth-order valence-electron chi connectivity index (χ4n) is 2.78. The number of fused-ring (bicyclic) bond motifs is 1. The third-order valence-corrected chi connectivity index (χ3v) is 4.70. The van der Waals surface area contributed by atoms with E-state index in [9.17, 15) is 13.2 Å². The fourth-order valence-corrected chi connectivity index (χ4v) is 3.17. The standard InChI is InChI=1S/C14H19N5O3S/c1-23(21,22)16-10-14(20)18-7-3-11(4-8-18)12-5-9-19-13(17-12)2-6-15-19/h2,5-6,9,11,16H,3-4,7-8,10H2,1H3. The molecule has 0 spiro atoms. The van der Waals surface area contributed by atoms with E-state index in [0.29, 0.717) is 19.0 Å². The Balaban J connectivity index is 1.58. The summed E-state index contributed by atoms with van der Waals surface area (Å²) in [5.41, 5.74) is 1.83. The molecule has 0 saturated carbocycles. The lowest BCUT2D eigenvalue weighted by Gasteiger charge is -2.31. The smallest absolute Gasteiger partial charge is 0.237 e. The van der Waals surface area contributed by atoms with Gasteiger partial charge in [0.2, 0.25) is 15.9 Å². The van der Waals surface area contributed by atoms with E-state index in [2.05, 4.69) is 14.8 Å². The quantitative estimate of drug-likeness (QED) is 0.846. The van der Waals surface area contributed by atoms with Crippen molar-refractivity contribution >= 4 is 21.6 Å². The first-order chi connectivity index (χ1) is 10.9. The van der Waals surface area contributed by atoms with Crippen molar-refractivity contribution in [3.05, 3.63) is 30.2 Å². The predicted molar refractivity (Wildman–Crippen MR) is 84.4 cm³/mol. The molecule has 1 aliphatic heterocycles. The van der Waals surface area contributed by atoms with Gasteiger partial charge in [0.25, 0.3) is 0 Å². The van der Waals surface area contributed by atoms with Crippen molar-refractivity contribution in [2.75, 3.05) is 25.9 Å². The summed E-state index contributed by atoms with van der Waals surface area (Å²) in [4.78, 5) is 18.3. The van der Waals surface area contributed by atoms with Crippen molar-refractivity contribution in [3.63, 3.8) is 0 Å². The zero-order chi connectivity index (χ0) is 16.4. The van der Waals surface area contributed by atoms with E-state index in [0.717, 1.165) is 30.4 Å². The van der Waals surface area contributed by atoms with Gasteiger partial charge in [0.15, 0.2) is 5.65 Å². The van der Waals surface area contributed by atoms with Crippen LogP contribution in [-0.4, -0.2) is 59.7 Å². The molecule has 1 fully saturated rings. The fraction of sp³-hybridized carbons (Fsp3) is 0.500. The van der Waals surface area contributed by atoms with Crippen LogP contribution in [-0.2, 0) is 14.8 Å². The lowest BCUT2D eigenvalue weighted by Crippen LogP contribution is -2.43. The van der Waals surface area contributed by atoms with Gasteiger partial charge in [-0.1, -0.05) is 0 Å². The lowest BCUT2D eigenvalue weighted by molar-refractivity contribution is -0.130. The summed E-state index contributed by atoms with van der Waals surface area (Å²) in [5, 5.41) is 4.13. The van der Waals surface area contributed by atoms with E-state index in [1.807, 2.05) is 18.3 Å². The summed E-state index contributed by atoms with van der Waals surface area (Å²) >= 11 is 0. The highest BCUT2D eigenvalue weighted by atomic mass is 32.2. The minimum absolute atomic E-state index is 0.177. The molecule has 0 unspecified atom stereocenters. The Kier molecular flexibility index (Phi) is 4.31. The van der Waals surface area contributed by atoms with Crippen LogP contribution < -0.4 is 4.72 Å². The SMILES string of the molecule is CS(=O)(=O)NCC(=O)N1CCC(c2ccn3nccc3n2)CC1. The predicted octanol–water partition coefficient (Wildman–Crippen LogP) is -0.0155. The summed E-state index contributed by atoms with van der Waals surface area (Å²) in [6, 6.07) is 3.83. The number of aromatic nitrogens is 3. The Morgan fingerprint density at radius 1 is 1.35 bits per heavy atom. The molecule has 1 aliphatic rings. The van der Waals surface area contributed by atoms with Crippen LogP contribution >= 0.6 is 0 Å². The molecule has 0 bridgehead atoms. The Bertz CT molecular complexity index is 809. The molecule has 0 atom stereocenters. The van der Waals surface area contributed by atoms with Gasteiger partial charge in [-0.2, -0.15) is 5.10 Å². The number of carbonyl (C=O) groups excluding carboxylic acids is 1. The summed E-state index contributed by atoms with van der Waals surface area (Å²) in [6.07, 6.45) is 6.29. The average molecular weight is 337 g/mol. The van der Waals surface area contributed by atoms with E-state index < -0.39 is 10.0 Å². The second kappa shape index (κ2) is 6.25. The first kappa shape index (κ1) is 15.9. The third-order valence-electron chi connectivity index (χ3n) is 4.03. The maximum Gasteiger partial charge on any atom is 0.237 e. The van der Waals surface area contributed by atoms with E-state index in [4.69, 9.17) is 0 Å². The molecule has 0 radical (unpaired) electrons. The van der Waals surface area contributed by atoms with Gasteiger partial charge < -0.3 is 4.90 Å². The Morgan fingerprint density at radius 2 is 2.09 bits per heavy atom. The number of nitrogens with one attached hydrogen (secondary N) is 1. The lowest BCUT2D eigenvalue weighted by atomic mass is 9.93. The molecule has 8 nitrogen and oxygen atoms in total. The summed E-state index contributed by atoms with van der Waals surface area (Å²) < 4.78 is 26.0. The normalized spacial score (nSPS) is 16.8. The molecule has 3 heterocycles. The first-order valence-electron chi connectivity index (χ1n) is 7.45. The number of hydrogen-bond donors (Lipinski definition) is 1.